The van der Waals surface area contributed by atoms with Gasteiger partial charge in [-0.15, -0.1) is 0 Å². The zero-order chi connectivity index (χ0) is 10.4. The van der Waals surface area contributed by atoms with Gasteiger partial charge in [-0.05, 0) is 31.4 Å². The lowest BCUT2D eigenvalue weighted by atomic mass is 9.99. The first-order chi connectivity index (χ1) is 6.02. The first-order valence-corrected chi connectivity index (χ1v) is 4.54. The van der Waals surface area contributed by atoms with E-state index in [1.54, 1.807) is 13.0 Å². The smallest absolute Gasteiger partial charge is 0.159 e. The Morgan fingerprint density at radius 2 is 1.92 bits per heavy atom. The summed E-state index contributed by atoms with van der Waals surface area (Å²) in [6.45, 7) is 11.4. The first-order valence-electron chi connectivity index (χ1n) is 4.54. The van der Waals surface area contributed by atoms with Gasteiger partial charge in [0.1, 0.15) is 0 Å². The van der Waals surface area contributed by atoms with Crippen molar-refractivity contribution in [1.29, 1.82) is 0 Å². The van der Waals surface area contributed by atoms with E-state index in [9.17, 15) is 4.79 Å². The van der Waals surface area contributed by atoms with Crippen molar-refractivity contribution in [3.05, 3.63) is 36.0 Å². The highest BCUT2D eigenvalue weighted by Gasteiger charge is 2.02. The molecule has 0 unspecified atom stereocenters. The molecule has 0 saturated carbocycles. The van der Waals surface area contributed by atoms with Crippen LogP contribution in [0.25, 0.3) is 0 Å². The van der Waals surface area contributed by atoms with Gasteiger partial charge in [-0.25, -0.2) is 0 Å². The summed E-state index contributed by atoms with van der Waals surface area (Å²) in [5.41, 5.74) is 1.85. The van der Waals surface area contributed by atoms with Crippen LogP contribution in [0, 0.1) is 5.92 Å². The molecule has 0 radical (unpaired) electrons. The van der Waals surface area contributed by atoms with Crippen LogP contribution in [0.5, 0.6) is 0 Å². The lowest BCUT2D eigenvalue weighted by molar-refractivity contribution is -0.113. The molecule has 0 amide bonds. The lowest BCUT2D eigenvalue weighted by Crippen LogP contribution is -1.97. The van der Waals surface area contributed by atoms with Gasteiger partial charge >= 0.3 is 0 Å². The van der Waals surface area contributed by atoms with Crippen LogP contribution < -0.4 is 0 Å². The van der Waals surface area contributed by atoms with Crippen molar-refractivity contribution >= 4 is 5.78 Å². The molecule has 72 valence electrons. The van der Waals surface area contributed by atoms with Gasteiger partial charge < -0.3 is 0 Å². The van der Waals surface area contributed by atoms with Crippen LogP contribution in [0.4, 0.5) is 0 Å². The second kappa shape index (κ2) is 5.52. The molecule has 0 rings (SSSR count). The number of ketones is 1. The Balaban J connectivity index is 4.87. The van der Waals surface area contributed by atoms with Gasteiger partial charge in [0.2, 0.25) is 0 Å². The number of carbonyl (C=O) groups is 1. The van der Waals surface area contributed by atoms with Crippen LogP contribution in [0.15, 0.2) is 36.0 Å². The molecule has 1 nitrogen and oxygen atoms in total. The van der Waals surface area contributed by atoms with E-state index < -0.39 is 0 Å². The summed E-state index contributed by atoms with van der Waals surface area (Å²) in [6, 6.07) is 0. The summed E-state index contributed by atoms with van der Waals surface area (Å²) in [7, 11) is 0. The molecule has 0 fully saturated rings. The maximum atomic E-state index is 11.1. The van der Waals surface area contributed by atoms with Crippen LogP contribution in [0.3, 0.4) is 0 Å². The molecule has 0 bridgehead atoms. The van der Waals surface area contributed by atoms with E-state index >= 15 is 0 Å². The molecule has 0 aliphatic heterocycles. The van der Waals surface area contributed by atoms with Crippen molar-refractivity contribution in [2.24, 2.45) is 5.92 Å². The summed E-state index contributed by atoms with van der Waals surface area (Å²) in [5, 5.41) is 0. The SMILES string of the molecule is C=C/C(=C\C(=C/C)C(C)C)C(C)=O. The van der Waals surface area contributed by atoms with Crippen LogP contribution in [-0.4, -0.2) is 5.78 Å². The lowest BCUT2D eigenvalue weighted by Gasteiger charge is -2.06. The third-order valence-electron chi connectivity index (χ3n) is 1.95. The van der Waals surface area contributed by atoms with Gasteiger partial charge in [-0.3, -0.25) is 4.79 Å². The van der Waals surface area contributed by atoms with Crippen molar-refractivity contribution < 1.29 is 4.79 Å². The fourth-order valence-electron chi connectivity index (χ4n) is 1.07. The van der Waals surface area contributed by atoms with Crippen molar-refractivity contribution in [3.8, 4) is 0 Å². The van der Waals surface area contributed by atoms with E-state index in [1.807, 2.05) is 19.1 Å². The summed E-state index contributed by atoms with van der Waals surface area (Å²) in [4.78, 5) is 11.1. The van der Waals surface area contributed by atoms with Gasteiger partial charge in [0, 0.05) is 5.57 Å². The largest absolute Gasteiger partial charge is 0.295 e. The number of carbonyl (C=O) groups excluding carboxylic acids is 1. The maximum Gasteiger partial charge on any atom is 0.159 e. The van der Waals surface area contributed by atoms with Gasteiger partial charge in [0.15, 0.2) is 5.78 Å². The van der Waals surface area contributed by atoms with Crippen molar-refractivity contribution in [2.45, 2.75) is 27.7 Å². The molecule has 0 aliphatic rings. The fraction of sp³-hybridized carbons (Fsp3) is 0.417. The third-order valence-corrected chi connectivity index (χ3v) is 1.95. The van der Waals surface area contributed by atoms with Crippen molar-refractivity contribution in [3.63, 3.8) is 0 Å². The fourth-order valence-corrected chi connectivity index (χ4v) is 1.07. The number of allylic oxidation sites excluding steroid dienone is 5. The number of hydrogen-bond acceptors (Lipinski definition) is 1. The summed E-state index contributed by atoms with van der Waals surface area (Å²) in [5.74, 6) is 0.509. The predicted molar refractivity (Wildman–Crippen MR) is 57.6 cm³/mol. The topological polar surface area (TPSA) is 17.1 Å². The van der Waals surface area contributed by atoms with Crippen LogP contribution in [-0.2, 0) is 4.79 Å². The second-order valence-corrected chi connectivity index (χ2v) is 3.30. The standard InChI is InChI=1S/C12H18O/c1-6-11(9(3)4)8-12(7-2)10(5)13/h6-9H,2H2,1,3-5H3/b11-6+,12-8+. The van der Waals surface area contributed by atoms with E-state index in [0.29, 0.717) is 11.5 Å². The molecule has 13 heavy (non-hydrogen) atoms. The molecule has 0 aromatic rings. The molecule has 0 saturated heterocycles. The average Bonchev–Trinajstić information content (AvgIpc) is 2.05. The minimum atomic E-state index is 0.0648. The third kappa shape index (κ3) is 3.88. The normalized spacial score (nSPS) is 13.3. The highest BCUT2D eigenvalue weighted by Crippen LogP contribution is 2.14. The molecule has 1 heteroatoms. The van der Waals surface area contributed by atoms with E-state index in [0.717, 1.165) is 0 Å². The molecule has 0 atom stereocenters. The summed E-state index contributed by atoms with van der Waals surface area (Å²) >= 11 is 0. The zero-order valence-corrected chi connectivity index (χ0v) is 8.92. The molecular formula is C12H18O. The zero-order valence-electron chi connectivity index (χ0n) is 8.92. The van der Waals surface area contributed by atoms with E-state index in [2.05, 4.69) is 20.4 Å². The first kappa shape index (κ1) is 11.9. The number of Topliss-reactive ketones (excluding diaryl/α,β-unsaturated/α-hetero) is 1. The molecule has 0 spiro atoms. The van der Waals surface area contributed by atoms with Crippen LogP contribution in [0.1, 0.15) is 27.7 Å². The maximum absolute atomic E-state index is 11.1. The number of hydrogen-bond donors (Lipinski definition) is 0. The van der Waals surface area contributed by atoms with Crippen molar-refractivity contribution in [2.75, 3.05) is 0 Å². The Morgan fingerprint density at radius 1 is 1.38 bits per heavy atom. The Hall–Kier alpha value is -1.11. The van der Waals surface area contributed by atoms with E-state index in [-0.39, 0.29) is 5.78 Å². The minimum absolute atomic E-state index is 0.0648. The number of rotatable bonds is 4. The Labute approximate surface area is 80.8 Å². The molecule has 0 N–H and O–H groups in total. The molecule has 0 aliphatic carbocycles. The molecular weight excluding hydrogens is 160 g/mol. The van der Waals surface area contributed by atoms with Gasteiger partial charge in [0.05, 0.1) is 0 Å². The van der Waals surface area contributed by atoms with Crippen LogP contribution in [0.2, 0.25) is 0 Å². The highest BCUT2D eigenvalue weighted by molar-refractivity contribution is 5.96. The van der Waals surface area contributed by atoms with Gasteiger partial charge in [0.25, 0.3) is 0 Å². The highest BCUT2D eigenvalue weighted by atomic mass is 16.1. The average molecular weight is 178 g/mol. The van der Waals surface area contributed by atoms with E-state index in [4.69, 9.17) is 0 Å². The van der Waals surface area contributed by atoms with E-state index in [1.165, 1.54) is 5.57 Å². The van der Waals surface area contributed by atoms with Crippen LogP contribution >= 0.6 is 0 Å². The Morgan fingerprint density at radius 3 is 2.15 bits per heavy atom. The van der Waals surface area contributed by atoms with Gasteiger partial charge in [-0.2, -0.15) is 0 Å². The monoisotopic (exact) mass is 178 g/mol. The molecule has 0 aromatic carbocycles. The van der Waals surface area contributed by atoms with Gasteiger partial charge in [-0.1, -0.05) is 32.6 Å². The van der Waals surface area contributed by atoms with Crippen molar-refractivity contribution in [1.82, 2.24) is 0 Å². The molecule has 0 aromatic heterocycles. The minimum Gasteiger partial charge on any atom is -0.295 e. The Kier molecular flexibility index (Phi) is 5.05. The second-order valence-electron chi connectivity index (χ2n) is 3.30. The summed E-state index contributed by atoms with van der Waals surface area (Å²) in [6.07, 6.45) is 5.53. The predicted octanol–water partition coefficient (Wildman–Crippen LogP) is 3.29. The quantitative estimate of drug-likeness (QED) is 0.477. The summed E-state index contributed by atoms with van der Waals surface area (Å²) < 4.78 is 0. The molecule has 0 heterocycles. The Bertz CT molecular complexity index is 254.